The molecule has 1 aromatic carbocycles. The normalized spacial score (nSPS) is 14.4. The van der Waals surface area contributed by atoms with Crippen molar-refractivity contribution in [2.24, 2.45) is 5.92 Å². The number of carbonyl (C=O) groups excluding carboxylic acids is 1. The molecular formula is C15H18BrF3NO3-. The van der Waals surface area contributed by atoms with Gasteiger partial charge in [-0.1, -0.05) is 29.8 Å². The molecule has 1 atom stereocenters. The molecule has 0 radical (unpaired) electrons. The number of hydrogen-bond acceptors (Lipinski definition) is 3. The zero-order chi connectivity index (χ0) is 17.8. The summed E-state index contributed by atoms with van der Waals surface area (Å²) < 4.78 is 44.7. The minimum absolute atomic E-state index is 0.113. The van der Waals surface area contributed by atoms with Gasteiger partial charge in [-0.05, 0) is 37.5 Å². The Morgan fingerprint density at radius 2 is 2.00 bits per heavy atom. The van der Waals surface area contributed by atoms with Crippen molar-refractivity contribution in [1.82, 2.24) is 5.32 Å². The summed E-state index contributed by atoms with van der Waals surface area (Å²) in [6.07, 6.45) is -5.68. The summed E-state index contributed by atoms with van der Waals surface area (Å²) in [5.74, 6) is -0.238. The van der Waals surface area contributed by atoms with Crippen molar-refractivity contribution in [1.29, 1.82) is 0 Å². The molecule has 1 rings (SSSR count). The van der Waals surface area contributed by atoms with E-state index in [1.807, 2.05) is 13.8 Å². The van der Waals surface area contributed by atoms with Gasteiger partial charge in [-0.3, -0.25) is 0 Å². The molecule has 130 valence electrons. The van der Waals surface area contributed by atoms with Gasteiger partial charge in [0.05, 0.1) is 11.1 Å². The molecular weight excluding hydrogens is 379 g/mol. The molecule has 4 nitrogen and oxygen atoms in total. The number of ether oxygens (including phenoxy) is 1. The first kappa shape index (κ1) is 19.6. The van der Waals surface area contributed by atoms with Crippen molar-refractivity contribution in [3.8, 4) is 5.75 Å². The minimum atomic E-state index is -4.57. The van der Waals surface area contributed by atoms with Gasteiger partial charge >= 0.3 is 6.18 Å². The molecule has 0 aromatic heterocycles. The van der Waals surface area contributed by atoms with Crippen LogP contribution in [0.3, 0.4) is 0 Å². The van der Waals surface area contributed by atoms with Crippen molar-refractivity contribution in [2.45, 2.75) is 38.9 Å². The predicted octanol–water partition coefficient (Wildman–Crippen LogP) is 3.58. The molecule has 0 saturated heterocycles. The smallest absolute Gasteiger partial charge is 0.420 e. The maximum Gasteiger partial charge on any atom is 0.420 e. The Bertz CT molecular complexity index is 563. The number of rotatable bonds is 6. The van der Waals surface area contributed by atoms with Crippen molar-refractivity contribution < 1.29 is 27.8 Å². The van der Waals surface area contributed by atoms with Gasteiger partial charge in [-0.15, -0.1) is 0 Å². The molecule has 0 fully saturated rings. The van der Waals surface area contributed by atoms with E-state index in [-0.39, 0.29) is 22.7 Å². The van der Waals surface area contributed by atoms with Crippen LogP contribution >= 0.6 is 15.9 Å². The Balaban J connectivity index is 3.00. The monoisotopic (exact) mass is 396 g/mol. The summed E-state index contributed by atoms with van der Waals surface area (Å²) in [5, 5.41) is 13.0. The van der Waals surface area contributed by atoms with E-state index in [0.717, 1.165) is 6.07 Å². The van der Waals surface area contributed by atoms with Gasteiger partial charge < -0.3 is 20.0 Å². The van der Waals surface area contributed by atoms with Crippen molar-refractivity contribution >= 4 is 22.0 Å². The highest BCUT2D eigenvalue weighted by Crippen LogP contribution is 2.38. The summed E-state index contributed by atoms with van der Waals surface area (Å²) in [6, 6.07) is 3.54. The Labute approximate surface area is 141 Å². The van der Waals surface area contributed by atoms with Crippen LogP contribution < -0.4 is 15.2 Å². The summed E-state index contributed by atoms with van der Waals surface area (Å²) in [7, 11) is 0. The summed E-state index contributed by atoms with van der Waals surface area (Å²) in [5.41, 5.74) is -1.98. The number of benzene rings is 1. The highest BCUT2D eigenvalue weighted by molar-refractivity contribution is 9.10. The summed E-state index contributed by atoms with van der Waals surface area (Å²) in [4.78, 5) is 10.8. The Morgan fingerprint density at radius 3 is 2.48 bits per heavy atom. The first-order chi connectivity index (χ1) is 10.4. The third kappa shape index (κ3) is 6.29. The standard InChI is InChI=1S/C15H19BrF3NO3/c1-9(2)7-14(3,20-13(21)22)8-23-12-5-4-10(16)6-11(12)15(17,18)19/h4-6,9,20H,7-8H2,1-3H3,(H,21,22)/p-1. The maximum absolute atomic E-state index is 13.0. The second-order valence-electron chi connectivity index (χ2n) is 6.00. The van der Waals surface area contributed by atoms with Crippen molar-refractivity contribution in [3.63, 3.8) is 0 Å². The molecule has 0 spiro atoms. The Morgan fingerprint density at radius 1 is 1.39 bits per heavy atom. The molecule has 1 N–H and O–H groups in total. The van der Waals surface area contributed by atoms with Crippen molar-refractivity contribution in [3.05, 3.63) is 28.2 Å². The molecule has 0 heterocycles. The first-order valence-corrected chi connectivity index (χ1v) is 7.71. The third-order valence-electron chi connectivity index (χ3n) is 3.06. The predicted molar refractivity (Wildman–Crippen MR) is 81.0 cm³/mol. The van der Waals surface area contributed by atoms with Gasteiger partial charge in [0.15, 0.2) is 0 Å². The molecule has 1 amide bonds. The summed E-state index contributed by atoms with van der Waals surface area (Å²) >= 11 is 2.99. The molecule has 23 heavy (non-hydrogen) atoms. The molecule has 8 heteroatoms. The van der Waals surface area contributed by atoms with Crippen LogP contribution in [0.4, 0.5) is 18.0 Å². The lowest BCUT2D eigenvalue weighted by molar-refractivity contribution is -0.253. The van der Waals surface area contributed by atoms with Gasteiger partial charge in [0.25, 0.3) is 0 Å². The van der Waals surface area contributed by atoms with Crippen LogP contribution in [0.25, 0.3) is 0 Å². The average molecular weight is 397 g/mol. The van der Waals surface area contributed by atoms with Crippen LogP contribution in [-0.2, 0) is 6.18 Å². The second kappa shape index (κ2) is 7.42. The fraction of sp³-hybridized carbons (Fsp3) is 0.533. The second-order valence-corrected chi connectivity index (χ2v) is 6.91. The number of nitrogens with one attached hydrogen (secondary N) is 1. The highest BCUT2D eigenvalue weighted by Gasteiger charge is 2.35. The lowest BCUT2D eigenvalue weighted by Gasteiger charge is -2.33. The van der Waals surface area contributed by atoms with Crippen LogP contribution in [0.2, 0.25) is 0 Å². The zero-order valence-electron chi connectivity index (χ0n) is 13.0. The summed E-state index contributed by atoms with van der Waals surface area (Å²) in [6.45, 7) is 5.06. The van der Waals surface area contributed by atoms with Gasteiger partial charge in [0.2, 0.25) is 0 Å². The molecule has 0 aliphatic heterocycles. The number of carbonyl (C=O) groups is 1. The van der Waals surface area contributed by atoms with Crippen molar-refractivity contribution in [2.75, 3.05) is 6.61 Å². The van der Waals surface area contributed by atoms with E-state index >= 15 is 0 Å². The zero-order valence-corrected chi connectivity index (χ0v) is 14.5. The quantitative estimate of drug-likeness (QED) is 0.798. The fourth-order valence-electron chi connectivity index (χ4n) is 2.38. The van der Waals surface area contributed by atoms with E-state index in [4.69, 9.17) is 4.74 Å². The Hall–Kier alpha value is -1.44. The lowest BCUT2D eigenvalue weighted by Crippen LogP contribution is -2.55. The fourth-order valence-corrected chi connectivity index (χ4v) is 2.74. The van der Waals surface area contributed by atoms with Crippen LogP contribution in [0, 0.1) is 5.92 Å². The number of halogens is 4. The van der Waals surface area contributed by atoms with Gasteiger partial charge in [0, 0.05) is 4.47 Å². The maximum atomic E-state index is 13.0. The number of alkyl halides is 3. The van der Waals surface area contributed by atoms with E-state index in [1.165, 1.54) is 12.1 Å². The number of carboxylic acid groups (broad SMARTS) is 1. The van der Waals surface area contributed by atoms with Gasteiger partial charge in [-0.25, -0.2) is 0 Å². The Kier molecular flexibility index (Phi) is 6.33. The molecule has 0 saturated carbocycles. The van der Waals surface area contributed by atoms with E-state index in [2.05, 4.69) is 21.2 Å². The molecule has 1 unspecified atom stereocenters. The van der Waals surface area contributed by atoms with E-state index < -0.39 is 23.4 Å². The van der Waals surface area contributed by atoms with Gasteiger partial charge in [0.1, 0.15) is 18.4 Å². The highest BCUT2D eigenvalue weighted by atomic mass is 79.9. The molecule has 0 aliphatic carbocycles. The molecule has 0 bridgehead atoms. The van der Waals surface area contributed by atoms with Gasteiger partial charge in [-0.2, -0.15) is 13.2 Å². The van der Waals surface area contributed by atoms with Crippen LogP contribution in [0.15, 0.2) is 22.7 Å². The molecule has 1 aromatic rings. The first-order valence-electron chi connectivity index (χ1n) is 6.92. The lowest BCUT2D eigenvalue weighted by atomic mass is 9.91. The largest absolute Gasteiger partial charge is 0.530 e. The number of amides is 1. The van der Waals surface area contributed by atoms with E-state index in [1.54, 1.807) is 6.92 Å². The minimum Gasteiger partial charge on any atom is -0.530 e. The average Bonchev–Trinajstić information content (AvgIpc) is 2.34. The van der Waals surface area contributed by atoms with E-state index in [9.17, 15) is 23.1 Å². The number of hydrogen-bond donors (Lipinski definition) is 1. The van der Waals surface area contributed by atoms with Crippen LogP contribution in [0.1, 0.15) is 32.8 Å². The SMILES string of the molecule is CC(C)CC(C)(COc1ccc(Br)cc1C(F)(F)F)NC(=O)[O-]. The topological polar surface area (TPSA) is 61.4 Å². The van der Waals surface area contributed by atoms with E-state index in [0.29, 0.717) is 6.42 Å². The van der Waals surface area contributed by atoms with Crippen LogP contribution in [-0.4, -0.2) is 18.2 Å². The molecule has 0 aliphatic rings. The third-order valence-corrected chi connectivity index (χ3v) is 3.55. The van der Waals surface area contributed by atoms with Crippen LogP contribution in [0.5, 0.6) is 5.75 Å².